The highest BCUT2D eigenvalue weighted by molar-refractivity contribution is 7.89. The normalized spacial score (nSPS) is 30.6. The van der Waals surface area contributed by atoms with Crippen LogP contribution in [0.4, 0.5) is 0 Å². The van der Waals surface area contributed by atoms with Gasteiger partial charge in [-0.15, -0.1) is 0 Å². The second-order valence-electron chi connectivity index (χ2n) is 5.43. The van der Waals surface area contributed by atoms with Gasteiger partial charge < -0.3 is 9.47 Å². The number of nitrogens with zero attached hydrogens (tertiary/aromatic N) is 1. The standard InChI is InChI=1S/C14H19NO4S/c1-10-4-3-5-11(6-10)20(16,17)15-7-14(18-2)12-8-19-9-13(12)15/h3-6,12-14H,7-9H2,1-2H3/t12-,13+,14-/m1/s1. The fourth-order valence-electron chi connectivity index (χ4n) is 3.10. The number of methoxy groups -OCH3 is 1. The molecule has 0 radical (unpaired) electrons. The van der Waals surface area contributed by atoms with Crippen molar-refractivity contribution in [2.24, 2.45) is 5.92 Å². The van der Waals surface area contributed by atoms with Crippen LogP contribution in [-0.2, 0) is 19.5 Å². The highest BCUT2D eigenvalue weighted by Gasteiger charge is 2.50. The Balaban J connectivity index is 1.95. The van der Waals surface area contributed by atoms with Crippen LogP contribution in [0.1, 0.15) is 5.56 Å². The zero-order valence-electron chi connectivity index (χ0n) is 11.7. The van der Waals surface area contributed by atoms with Gasteiger partial charge in [0, 0.05) is 19.6 Å². The summed E-state index contributed by atoms with van der Waals surface area (Å²) in [5.74, 6) is 0.139. The van der Waals surface area contributed by atoms with Gasteiger partial charge in [-0.1, -0.05) is 12.1 Å². The van der Waals surface area contributed by atoms with E-state index >= 15 is 0 Å². The molecule has 2 aliphatic heterocycles. The Labute approximate surface area is 119 Å². The first kappa shape index (κ1) is 14.0. The minimum atomic E-state index is -3.49. The van der Waals surface area contributed by atoms with Gasteiger partial charge in [-0.05, 0) is 24.6 Å². The summed E-state index contributed by atoms with van der Waals surface area (Å²) in [6.45, 7) is 3.33. The summed E-state index contributed by atoms with van der Waals surface area (Å²) in [5, 5.41) is 0. The first-order valence-electron chi connectivity index (χ1n) is 6.73. The Kier molecular flexibility index (Phi) is 3.58. The summed E-state index contributed by atoms with van der Waals surface area (Å²) in [5.41, 5.74) is 0.938. The van der Waals surface area contributed by atoms with Crippen molar-refractivity contribution in [2.45, 2.75) is 24.0 Å². The molecule has 1 aromatic rings. The minimum absolute atomic E-state index is 0.0814. The van der Waals surface area contributed by atoms with Gasteiger partial charge in [0.2, 0.25) is 10.0 Å². The molecule has 0 bridgehead atoms. The number of aryl methyl sites for hydroxylation is 1. The molecule has 2 fully saturated rings. The first-order valence-corrected chi connectivity index (χ1v) is 8.17. The lowest BCUT2D eigenvalue weighted by Crippen LogP contribution is -2.38. The van der Waals surface area contributed by atoms with Crippen LogP contribution in [0.3, 0.4) is 0 Å². The monoisotopic (exact) mass is 297 g/mol. The van der Waals surface area contributed by atoms with Crippen LogP contribution in [0.2, 0.25) is 0 Å². The third-order valence-corrected chi connectivity index (χ3v) is 6.09. The molecule has 0 aliphatic carbocycles. The molecule has 3 atom stereocenters. The van der Waals surface area contributed by atoms with Crippen LogP contribution in [-0.4, -0.2) is 51.7 Å². The molecule has 20 heavy (non-hydrogen) atoms. The zero-order chi connectivity index (χ0) is 14.3. The number of sulfonamides is 1. The zero-order valence-corrected chi connectivity index (χ0v) is 12.5. The van der Waals surface area contributed by atoms with Crippen molar-refractivity contribution in [1.29, 1.82) is 0 Å². The molecule has 0 unspecified atom stereocenters. The number of ether oxygens (including phenoxy) is 2. The molecule has 6 heteroatoms. The number of hydrogen-bond donors (Lipinski definition) is 0. The van der Waals surface area contributed by atoms with Gasteiger partial charge in [0.25, 0.3) is 0 Å². The molecule has 0 N–H and O–H groups in total. The molecule has 5 nitrogen and oxygen atoms in total. The number of fused-ring (bicyclic) bond motifs is 1. The summed E-state index contributed by atoms with van der Waals surface area (Å²) in [6.07, 6.45) is -0.0814. The topological polar surface area (TPSA) is 55.8 Å². The molecule has 0 saturated carbocycles. The van der Waals surface area contributed by atoms with E-state index in [-0.39, 0.29) is 18.1 Å². The highest BCUT2D eigenvalue weighted by atomic mass is 32.2. The van der Waals surface area contributed by atoms with Crippen LogP contribution in [0.5, 0.6) is 0 Å². The van der Waals surface area contributed by atoms with Crippen molar-refractivity contribution in [2.75, 3.05) is 26.9 Å². The van der Waals surface area contributed by atoms with Crippen molar-refractivity contribution < 1.29 is 17.9 Å². The summed E-state index contributed by atoms with van der Waals surface area (Å²) in [7, 11) is -1.86. The highest BCUT2D eigenvalue weighted by Crippen LogP contribution is 2.35. The molecule has 0 amide bonds. The Morgan fingerprint density at radius 2 is 2.15 bits per heavy atom. The van der Waals surface area contributed by atoms with E-state index in [4.69, 9.17) is 9.47 Å². The Morgan fingerprint density at radius 1 is 1.35 bits per heavy atom. The Morgan fingerprint density at radius 3 is 2.85 bits per heavy atom. The molecular weight excluding hydrogens is 278 g/mol. The maximum atomic E-state index is 12.8. The lowest BCUT2D eigenvalue weighted by atomic mass is 10.0. The molecule has 110 valence electrons. The molecule has 1 aromatic carbocycles. The van der Waals surface area contributed by atoms with E-state index in [0.717, 1.165) is 5.56 Å². The average molecular weight is 297 g/mol. The van der Waals surface area contributed by atoms with E-state index in [1.165, 1.54) is 0 Å². The summed E-state index contributed by atoms with van der Waals surface area (Å²) < 4.78 is 38.0. The SMILES string of the molecule is CO[C@@H]1CN(S(=O)(=O)c2cccc(C)c2)[C@H]2COC[C@@H]12. The molecule has 3 rings (SSSR count). The number of rotatable bonds is 3. The summed E-state index contributed by atoms with van der Waals surface area (Å²) in [6, 6.07) is 6.91. The fourth-order valence-corrected chi connectivity index (χ4v) is 4.87. The largest absolute Gasteiger partial charge is 0.380 e. The van der Waals surface area contributed by atoms with Gasteiger partial charge in [-0.3, -0.25) is 0 Å². The van der Waals surface area contributed by atoms with Crippen LogP contribution in [0, 0.1) is 12.8 Å². The van der Waals surface area contributed by atoms with Crippen molar-refractivity contribution in [1.82, 2.24) is 4.31 Å². The van der Waals surface area contributed by atoms with Gasteiger partial charge >= 0.3 is 0 Å². The maximum absolute atomic E-state index is 12.8. The van der Waals surface area contributed by atoms with E-state index in [0.29, 0.717) is 24.7 Å². The first-order chi connectivity index (χ1) is 9.54. The van der Waals surface area contributed by atoms with E-state index < -0.39 is 10.0 Å². The van der Waals surface area contributed by atoms with Crippen molar-refractivity contribution in [3.63, 3.8) is 0 Å². The van der Waals surface area contributed by atoms with E-state index in [2.05, 4.69) is 0 Å². The molecular formula is C14H19NO4S. The smallest absolute Gasteiger partial charge is 0.243 e. The second kappa shape index (κ2) is 5.11. The van der Waals surface area contributed by atoms with Gasteiger partial charge in [-0.2, -0.15) is 4.31 Å². The van der Waals surface area contributed by atoms with Crippen LogP contribution in [0.25, 0.3) is 0 Å². The fraction of sp³-hybridized carbons (Fsp3) is 0.571. The van der Waals surface area contributed by atoms with E-state index in [1.807, 2.05) is 13.0 Å². The third-order valence-electron chi connectivity index (χ3n) is 4.20. The minimum Gasteiger partial charge on any atom is -0.380 e. The van der Waals surface area contributed by atoms with Gasteiger partial charge in [0.05, 0.1) is 30.3 Å². The maximum Gasteiger partial charge on any atom is 0.243 e. The van der Waals surface area contributed by atoms with Gasteiger partial charge in [0.1, 0.15) is 0 Å². The van der Waals surface area contributed by atoms with E-state index in [9.17, 15) is 8.42 Å². The van der Waals surface area contributed by atoms with Gasteiger partial charge in [-0.25, -0.2) is 8.42 Å². The van der Waals surface area contributed by atoms with Crippen molar-refractivity contribution >= 4 is 10.0 Å². The molecule has 2 heterocycles. The second-order valence-corrected chi connectivity index (χ2v) is 7.32. The van der Waals surface area contributed by atoms with Crippen molar-refractivity contribution in [3.8, 4) is 0 Å². The van der Waals surface area contributed by atoms with Crippen LogP contribution < -0.4 is 0 Å². The lowest BCUT2D eigenvalue weighted by Gasteiger charge is -2.22. The number of benzene rings is 1. The Bertz CT molecular complexity index is 601. The third kappa shape index (κ3) is 2.16. The Hall–Kier alpha value is -0.950. The summed E-state index contributed by atoms with van der Waals surface area (Å²) in [4.78, 5) is 0.347. The molecule has 0 aromatic heterocycles. The lowest BCUT2D eigenvalue weighted by molar-refractivity contribution is 0.0599. The van der Waals surface area contributed by atoms with Crippen LogP contribution in [0.15, 0.2) is 29.2 Å². The predicted molar refractivity (Wildman–Crippen MR) is 74.0 cm³/mol. The van der Waals surface area contributed by atoms with Crippen LogP contribution >= 0.6 is 0 Å². The molecule has 2 saturated heterocycles. The molecule has 0 spiro atoms. The quantitative estimate of drug-likeness (QED) is 0.836. The van der Waals surface area contributed by atoms with E-state index in [1.54, 1.807) is 29.6 Å². The predicted octanol–water partition coefficient (Wildman–Crippen LogP) is 1.03. The average Bonchev–Trinajstić information content (AvgIpc) is 2.99. The molecule has 2 aliphatic rings. The summed E-state index contributed by atoms with van der Waals surface area (Å²) >= 11 is 0. The number of hydrogen-bond acceptors (Lipinski definition) is 4. The van der Waals surface area contributed by atoms with Crippen molar-refractivity contribution in [3.05, 3.63) is 29.8 Å². The van der Waals surface area contributed by atoms with Gasteiger partial charge in [0.15, 0.2) is 0 Å².